The van der Waals surface area contributed by atoms with Crippen molar-refractivity contribution in [2.75, 3.05) is 5.43 Å². The van der Waals surface area contributed by atoms with Gasteiger partial charge < -0.3 is 0 Å². The van der Waals surface area contributed by atoms with Crippen LogP contribution in [-0.4, -0.2) is 29.9 Å². The van der Waals surface area contributed by atoms with Gasteiger partial charge in [0.2, 0.25) is 5.95 Å². The predicted octanol–water partition coefficient (Wildman–Crippen LogP) is 1.32. The Morgan fingerprint density at radius 2 is 1.79 bits per heavy atom. The first-order valence-electron chi connectivity index (χ1n) is 8.96. The lowest BCUT2D eigenvalue weighted by Gasteiger charge is -2.09. The second-order valence-electron chi connectivity index (χ2n) is 6.51. The zero-order valence-corrected chi connectivity index (χ0v) is 16.0. The second-order valence-corrected chi connectivity index (χ2v) is 6.51. The number of imidazole rings is 1. The number of hydrogen-bond donors (Lipinski definition) is 1. The van der Waals surface area contributed by atoms with Crippen molar-refractivity contribution in [2.24, 2.45) is 19.2 Å². The van der Waals surface area contributed by atoms with Crippen LogP contribution in [0.3, 0.4) is 0 Å². The third-order valence-corrected chi connectivity index (χ3v) is 4.58. The number of aromatic nitrogens is 5. The molecular formula is C20H19N7O2. The number of rotatable bonds is 5. The number of nitrogens with one attached hydrogen (secondary N) is 1. The van der Waals surface area contributed by atoms with Gasteiger partial charge in [0, 0.05) is 20.3 Å². The summed E-state index contributed by atoms with van der Waals surface area (Å²) in [5.41, 5.74) is 4.32. The quantitative estimate of drug-likeness (QED) is 0.410. The van der Waals surface area contributed by atoms with Crippen LogP contribution < -0.4 is 16.7 Å². The molecule has 146 valence electrons. The Labute approximate surface area is 165 Å². The maximum Gasteiger partial charge on any atom is 0.332 e. The van der Waals surface area contributed by atoms with Crippen molar-refractivity contribution in [2.45, 2.75) is 6.54 Å². The van der Waals surface area contributed by atoms with Gasteiger partial charge in [-0.3, -0.25) is 23.5 Å². The summed E-state index contributed by atoms with van der Waals surface area (Å²) in [6, 6.07) is 15.2. The van der Waals surface area contributed by atoms with E-state index in [9.17, 15) is 9.59 Å². The number of anilines is 1. The second kappa shape index (κ2) is 7.55. The molecule has 1 N–H and O–H groups in total. The standard InChI is InChI=1S/C20H19N7O2/c1-25-17-16(18(28)26(2)20(25)29)27(13-14-8-4-3-5-9-14)19(23-17)24-22-12-15-10-6-7-11-21-15/h3-12H,13H2,1-2H3,(H,23,24). The summed E-state index contributed by atoms with van der Waals surface area (Å²) in [4.78, 5) is 33.8. The molecule has 4 aromatic rings. The van der Waals surface area contributed by atoms with Crippen LogP contribution >= 0.6 is 0 Å². The highest BCUT2D eigenvalue weighted by atomic mass is 16.2. The Kier molecular flexibility index (Phi) is 4.78. The number of nitrogens with zero attached hydrogens (tertiary/aromatic N) is 6. The summed E-state index contributed by atoms with van der Waals surface area (Å²) in [6.45, 7) is 0.395. The highest BCUT2D eigenvalue weighted by Crippen LogP contribution is 2.18. The largest absolute Gasteiger partial charge is 0.332 e. The van der Waals surface area contributed by atoms with E-state index in [-0.39, 0.29) is 0 Å². The Hall–Kier alpha value is -4.01. The summed E-state index contributed by atoms with van der Waals surface area (Å²) in [5.74, 6) is 0.356. The first-order chi connectivity index (χ1) is 14.1. The molecule has 0 unspecified atom stereocenters. The van der Waals surface area contributed by atoms with E-state index in [1.54, 1.807) is 24.0 Å². The summed E-state index contributed by atoms with van der Waals surface area (Å²) >= 11 is 0. The van der Waals surface area contributed by atoms with Gasteiger partial charge in [-0.05, 0) is 17.7 Å². The molecule has 0 aliphatic heterocycles. The van der Waals surface area contributed by atoms with Gasteiger partial charge in [-0.25, -0.2) is 10.2 Å². The van der Waals surface area contributed by atoms with Crippen molar-refractivity contribution in [1.82, 2.24) is 23.7 Å². The van der Waals surface area contributed by atoms with E-state index in [1.807, 2.05) is 48.5 Å². The van der Waals surface area contributed by atoms with Gasteiger partial charge >= 0.3 is 5.69 Å². The third kappa shape index (κ3) is 3.45. The van der Waals surface area contributed by atoms with Crippen LogP contribution in [0.1, 0.15) is 11.3 Å². The maximum absolute atomic E-state index is 12.8. The SMILES string of the molecule is Cn1c(=O)c2c(nc(NN=Cc3ccccn3)n2Cc2ccccc2)n(C)c1=O. The smallest absolute Gasteiger partial charge is 0.298 e. The van der Waals surface area contributed by atoms with Crippen LogP contribution in [-0.2, 0) is 20.6 Å². The normalized spacial score (nSPS) is 11.4. The van der Waals surface area contributed by atoms with E-state index in [1.165, 1.54) is 11.6 Å². The van der Waals surface area contributed by atoms with Crippen LogP contribution in [0.4, 0.5) is 5.95 Å². The fraction of sp³-hybridized carbons (Fsp3) is 0.150. The highest BCUT2D eigenvalue weighted by Gasteiger charge is 2.19. The van der Waals surface area contributed by atoms with Crippen molar-refractivity contribution in [3.63, 3.8) is 0 Å². The minimum Gasteiger partial charge on any atom is -0.298 e. The van der Waals surface area contributed by atoms with Gasteiger partial charge in [0.15, 0.2) is 11.2 Å². The molecular weight excluding hydrogens is 370 g/mol. The molecule has 1 aromatic carbocycles. The summed E-state index contributed by atoms with van der Waals surface area (Å²) in [7, 11) is 3.04. The van der Waals surface area contributed by atoms with Crippen molar-refractivity contribution >= 4 is 23.3 Å². The van der Waals surface area contributed by atoms with Gasteiger partial charge in [-0.15, -0.1) is 0 Å². The Morgan fingerprint density at radius 3 is 2.52 bits per heavy atom. The summed E-state index contributed by atoms with van der Waals surface area (Å²) in [6.07, 6.45) is 3.23. The molecule has 0 atom stereocenters. The van der Waals surface area contributed by atoms with E-state index >= 15 is 0 Å². The number of hydrazone groups is 1. The van der Waals surface area contributed by atoms with E-state index in [0.29, 0.717) is 29.4 Å². The molecule has 0 amide bonds. The molecule has 0 saturated carbocycles. The lowest BCUT2D eigenvalue weighted by Crippen LogP contribution is -2.37. The fourth-order valence-corrected chi connectivity index (χ4v) is 3.06. The average molecular weight is 389 g/mol. The molecule has 9 nitrogen and oxygen atoms in total. The van der Waals surface area contributed by atoms with Crippen LogP contribution in [0.15, 0.2) is 69.4 Å². The lowest BCUT2D eigenvalue weighted by molar-refractivity contribution is 0.702. The molecule has 0 spiro atoms. The number of pyridine rings is 1. The van der Waals surface area contributed by atoms with Gasteiger partial charge in [-0.1, -0.05) is 36.4 Å². The van der Waals surface area contributed by atoms with E-state index in [2.05, 4.69) is 20.5 Å². The Bertz CT molecular complexity index is 1300. The van der Waals surface area contributed by atoms with E-state index < -0.39 is 11.2 Å². The van der Waals surface area contributed by atoms with E-state index in [4.69, 9.17) is 0 Å². The third-order valence-electron chi connectivity index (χ3n) is 4.58. The maximum atomic E-state index is 12.8. The zero-order valence-electron chi connectivity index (χ0n) is 16.0. The van der Waals surface area contributed by atoms with Crippen LogP contribution in [0.2, 0.25) is 0 Å². The Morgan fingerprint density at radius 1 is 1.03 bits per heavy atom. The van der Waals surface area contributed by atoms with Crippen LogP contribution in [0.5, 0.6) is 0 Å². The summed E-state index contributed by atoms with van der Waals surface area (Å²) < 4.78 is 4.15. The average Bonchev–Trinajstić information content (AvgIpc) is 3.10. The molecule has 0 radical (unpaired) electrons. The molecule has 9 heteroatoms. The van der Waals surface area contributed by atoms with Crippen LogP contribution in [0.25, 0.3) is 11.2 Å². The molecule has 0 saturated heterocycles. The summed E-state index contributed by atoms with van der Waals surface area (Å²) in [5, 5.41) is 4.20. The first kappa shape index (κ1) is 18.4. The number of fused-ring (bicyclic) bond motifs is 1. The van der Waals surface area contributed by atoms with Gasteiger partial charge in [0.25, 0.3) is 5.56 Å². The minimum atomic E-state index is -0.435. The van der Waals surface area contributed by atoms with Gasteiger partial charge in [0.1, 0.15) is 0 Å². The lowest BCUT2D eigenvalue weighted by atomic mass is 10.2. The van der Waals surface area contributed by atoms with Crippen molar-refractivity contribution < 1.29 is 0 Å². The van der Waals surface area contributed by atoms with Gasteiger partial charge in [0.05, 0.1) is 18.5 Å². The molecule has 0 bridgehead atoms. The first-order valence-corrected chi connectivity index (χ1v) is 8.96. The number of aryl methyl sites for hydroxylation is 1. The molecule has 29 heavy (non-hydrogen) atoms. The monoisotopic (exact) mass is 389 g/mol. The molecule has 3 heterocycles. The molecule has 0 aliphatic rings. The van der Waals surface area contributed by atoms with E-state index in [0.717, 1.165) is 10.1 Å². The van der Waals surface area contributed by atoms with Crippen LogP contribution in [0, 0.1) is 0 Å². The molecule has 0 aliphatic carbocycles. The number of hydrogen-bond acceptors (Lipinski definition) is 6. The zero-order chi connectivity index (χ0) is 20.4. The van der Waals surface area contributed by atoms with Crippen molar-refractivity contribution in [3.05, 3.63) is 86.8 Å². The minimum absolute atomic E-state index is 0.296. The highest BCUT2D eigenvalue weighted by molar-refractivity contribution is 5.78. The predicted molar refractivity (Wildman–Crippen MR) is 111 cm³/mol. The molecule has 3 aromatic heterocycles. The topological polar surface area (TPSA) is 99.1 Å². The molecule has 4 rings (SSSR count). The molecule has 0 fully saturated rings. The van der Waals surface area contributed by atoms with Crippen molar-refractivity contribution in [1.29, 1.82) is 0 Å². The van der Waals surface area contributed by atoms with Crippen molar-refractivity contribution in [3.8, 4) is 0 Å². The number of benzene rings is 1. The fourth-order valence-electron chi connectivity index (χ4n) is 3.06. The Balaban J connectivity index is 1.84. The van der Waals surface area contributed by atoms with Gasteiger partial charge in [-0.2, -0.15) is 10.1 Å².